The van der Waals surface area contributed by atoms with Gasteiger partial charge in [-0.1, -0.05) is 6.07 Å². The van der Waals surface area contributed by atoms with Crippen molar-refractivity contribution >= 4 is 52.7 Å². The van der Waals surface area contributed by atoms with Crippen molar-refractivity contribution in [2.45, 2.75) is 16.7 Å². The van der Waals surface area contributed by atoms with E-state index < -0.39 is 58.4 Å². The highest BCUT2D eigenvalue weighted by Crippen LogP contribution is 2.30. The molecule has 0 saturated heterocycles. The van der Waals surface area contributed by atoms with Gasteiger partial charge < -0.3 is 5.32 Å². The van der Waals surface area contributed by atoms with Crippen molar-refractivity contribution < 1.29 is 43.3 Å². The Hall–Kier alpha value is -2.10. The van der Waals surface area contributed by atoms with Gasteiger partial charge in [-0.05, 0) is 29.7 Å². The highest BCUT2D eigenvalue weighted by Gasteiger charge is 2.23. The Bertz CT molecular complexity index is 1250. The lowest BCUT2D eigenvalue weighted by atomic mass is 10.1. The van der Waals surface area contributed by atoms with Gasteiger partial charge in [0.25, 0.3) is 10.1 Å². The highest BCUT2D eigenvalue weighted by atomic mass is 32.3. The Kier molecular flexibility index (Phi) is 6.13. The fourth-order valence-corrected chi connectivity index (χ4v) is 4.71. The molecule has 0 heterocycles. The minimum atomic E-state index is -4.85. The van der Waals surface area contributed by atoms with Crippen molar-refractivity contribution in [3.63, 3.8) is 0 Å². The summed E-state index contributed by atoms with van der Waals surface area (Å²) in [6, 6.07) is 5.77. The van der Waals surface area contributed by atoms with Gasteiger partial charge >= 0.3 is 10.4 Å². The molecule has 0 bridgehead atoms. The molecule has 1 amide bonds. The fourth-order valence-electron chi connectivity index (χ4n) is 2.35. The van der Waals surface area contributed by atoms with Crippen molar-refractivity contribution in [2.24, 2.45) is 0 Å². The van der Waals surface area contributed by atoms with Crippen LogP contribution in [0.2, 0.25) is 0 Å². The Balaban J connectivity index is 2.60. The molecule has 154 valence electrons. The molecule has 0 aromatic heterocycles. The lowest BCUT2D eigenvalue weighted by Gasteiger charge is -2.11. The summed E-state index contributed by atoms with van der Waals surface area (Å²) in [4.78, 5) is 9.95. The van der Waals surface area contributed by atoms with Crippen molar-refractivity contribution in [1.82, 2.24) is 0 Å². The molecule has 0 atom stereocenters. The monoisotopic (exact) mass is 453 g/mol. The van der Waals surface area contributed by atoms with Gasteiger partial charge in [-0.15, -0.1) is 0 Å². The summed E-state index contributed by atoms with van der Waals surface area (Å²) in [5.74, 6) is -1.31. The lowest BCUT2D eigenvalue weighted by Crippen LogP contribution is -2.16. The molecule has 28 heavy (non-hydrogen) atoms. The molecule has 14 heteroatoms. The molecule has 11 nitrogen and oxygen atoms in total. The third kappa shape index (κ3) is 5.70. The van der Waals surface area contributed by atoms with Crippen LogP contribution in [-0.4, -0.2) is 52.6 Å². The molecule has 3 N–H and O–H groups in total. The first-order valence-electron chi connectivity index (χ1n) is 7.36. The number of rotatable bonds is 7. The molecule has 2 rings (SSSR count). The first-order chi connectivity index (χ1) is 12.7. The quantitative estimate of drug-likeness (QED) is 0.503. The van der Waals surface area contributed by atoms with Crippen LogP contribution in [0.15, 0.2) is 40.1 Å². The standard InChI is InChI=1S/C14H15NO10S3/c1-9(16)15-11-2-3-13-10(6-11)7-12(8-14(13)27(19,20)21)26(17,18)5-4-25-28(22,23)24/h2-3,6-8H,4-5H2,1H3,(H,15,16)(H,19,20,21)(H,22,23,24). The minimum absolute atomic E-state index is 0.00439. The number of amides is 1. The van der Waals surface area contributed by atoms with E-state index in [1.807, 2.05) is 0 Å². The topological polar surface area (TPSA) is 181 Å². The van der Waals surface area contributed by atoms with Crippen LogP contribution in [0.5, 0.6) is 0 Å². The molecule has 2 aromatic rings. The van der Waals surface area contributed by atoms with Crippen molar-refractivity contribution in [2.75, 3.05) is 17.7 Å². The number of hydrogen-bond acceptors (Lipinski definition) is 8. The van der Waals surface area contributed by atoms with Gasteiger partial charge in [0, 0.05) is 18.0 Å². The lowest BCUT2D eigenvalue weighted by molar-refractivity contribution is -0.114. The molecule has 0 spiro atoms. The number of sulfone groups is 1. The third-order valence-corrected chi connectivity index (χ3v) is 6.45. The highest BCUT2D eigenvalue weighted by molar-refractivity contribution is 7.91. The Morgan fingerprint density at radius 2 is 1.68 bits per heavy atom. The van der Waals surface area contributed by atoms with Crippen LogP contribution in [0.4, 0.5) is 5.69 Å². The largest absolute Gasteiger partial charge is 0.397 e. The maximum Gasteiger partial charge on any atom is 0.397 e. The number of benzene rings is 2. The molecule has 0 radical (unpaired) electrons. The van der Waals surface area contributed by atoms with Crippen LogP contribution >= 0.6 is 0 Å². The predicted octanol–water partition coefficient (Wildman–Crippen LogP) is 0.638. The summed E-state index contributed by atoms with van der Waals surface area (Å²) < 4.78 is 91.1. The third-order valence-electron chi connectivity index (χ3n) is 3.43. The maximum absolute atomic E-state index is 12.4. The average Bonchev–Trinajstić information content (AvgIpc) is 2.50. The van der Waals surface area contributed by atoms with E-state index in [2.05, 4.69) is 9.50 Å². The first-order valence-corrected chi connectivity index (χ1v) is 11.8. The number of carbonyl (C=O) groups is 1. The van der Waals surface area contributed by atoms with Gasteiger partial charge in [-0.3, -0.25) is 13.9 Å². The number of fused-ring (bicyclic) bond motifs is 1. The van der Waals surface area contributed by atoms with Crippen LogP contribution in [0, 0.1) is 0 Å². The number of hydrogen-bond donors (Lipinski definition) is 3. The summed E-state index contributed by atoms with van der Waals surface area (Å²) in [5.41, 5.74) is 0.255. The molecule has 0 saturated carbocycles. The van der Waals surface area contributed by atoms with Crippen LogP contribution in [0.3, 0.4) is 0 Å². The molecule has 0 aliphatic heterocycles. The molecule has 0 aliphatic carbocycles. The van der Waals surface area contributed by atoms with E-state index in [0.29, 0.717) is 0 Å². The van der Waals surface area contributed by atoms with E-state index in [9.17, 15) is 34.6 Å². The van der Waals surface area contributed by atoms with E-state index in [-0.39, 0.29) is 16.5 Å². The number of anilines is 1. The summed E-state index contributed by atoms with van der Waals surface area (Å²) in [6.07, 6.45) is 0. The zero-order valence-corrected chi connectivity index (χ0v) is 16.6. The molecular weight excluding hydrogens is 438 g/mol. The Morgan fingerprint density at radius 1 is 1.04 bits per heavy atom. The first kappa shape index (κ1) is 22.2. The summed E-state index contributed by atoms with van der Waals surface area (Å²) in [5, 5.41) is 2.53. The van der Waals surface area contributed by atoms with E-state index in [1.54, 1.807) is 0 Å². The van der Waals surface area contributed by atoms with Gasteiger partial charge in [0.1, 0.15) is 4.90 Å². The van der Waals surface area contributed by atoms with Gasteiger partial charge in [0.15, 0.2) is 9.84 Å². The molecule has 0 unspecified atom stereocenters. The van der Waals surface area contributed by atoms with E-state index in [0.717, 1.165) is 12.1 Å². The van der Waals surface area contributed by atoms with Crippen LogP contribution < -0.4 is 5.32 Å². The van der Waals surface area contributed by atoms with Crippen LogP contribution in [0.25, 0.3) is 10.8 Å². The predicted molar refractivity (Wildman–Crippen MR) is 97.6 cm³/mol. The van der Waals surface area contributed by atoms with Gasteiger partial charge in [-0.25, -0.2) is 12.6 Å². The van der Waals surface area contributed by atoms with E-state index >= 15 is 0 Å². The Morgan fingerprint density at radius 3 is 2.21 bits per heavy atom. The smallest absolute Gasteiger partial charge is 0.326 e. The van der Waals surface area contributed by atoms with Crippen molar-refractivity contribution in [3.8, 4) is 0 Å². The SMILES string of the molecule is CC(=O)Nc1ccc2c(S(=O)(=O)O)cc(S(=O)(=O)CCOS(=O)(=O)O)cc2c1. The summed E-state index contributed by atoms with van der Waals surface area (Å²) >= 11 is 0. The Labute approximate surface area is 160 Å². The summed E-state index contributed by atoms with van der Waals surface area (Å²) in [7, 11) is -13.9. The van der Waals surface area contributed by atoms with Gasteiger partial charge in [0.2, 0.25) is 5.91 Å². The zero-order chi connectivity index (χ0) is 21.3. The average molecular weight is 453 g/mol. The van der Waals surface area contributed by atoms with E-state index in [1.165, 1.54) is 25.1 Å². The second kappa shape index (κ2) is 7.73. The molecule has 2 aromatic carbocycles. The fraction of sp³-hybridized carbons (Fsp3) is 0.214. The number of nitrogens with one attached hydrogen (secondary N) is 1. The molecule has 0 aliphatic rings. The normalized spacial score (nSPS) is 12.8. The zero-order valence-electron chi connectivity index (χ0n) is 14.2. The second-order valence-electron chi connectivity index (χ2n) is 5.58. The second-order valence-corrected chi connectivity index (χ2v) is 10.2. The van der Waals surface area contributed by atoms with Gasteiger partial charge in [0.05, 0.1) is 17.3 Å². The van der Waals surface area contributed by atoms with Crippen molar-refractivity contribution in [3.05, 3.63) is 30.3 Å². The molecular formula is C14H15NO10S3. The van der Waals surface area contributed by atoms with Gasteiger partial charge in [-0.2, -0.15) is 16.8 Å². The number of carbonyl (C=O) groups excluding carboxylic acids is 1. The van der Waals surface area contributed by atoms with Crippen LogP contribution in [0.1, 0.15) is 6.92 Å². The van der Waals surface area contributed by atoms with Crippen LogP contribution in [-0.2, 0) is 39.3 Å². The molecule has 0 fully saturated rings. The maximum atomic E-state index is 12.4. The van der Waals surface area contributed by atoms with E-state index in [4.69, 9.17) is 4.55 Å². The summed E-state index contributed by atoms with van der Waals surface area (Å²) in [6.45, 7) is 0.330. The van der Waals surface area contributed by atoms with Crippen molar-refractivity contribution in [1.29, 1.82) is 0 Å². The minimum Gasteiger partial charge on any atom is -0.326 e.